The summed E-state index contributed by atoms with van der Waals surface area (Å²) in [5.74, 6) is 0.850. The fourth-order valence-electron chi connectivity index (χ4n) is 1.93. The van der Waals surface area contributed by atoms with Crippen LogP contribution in [0.15, 0.2) is 42.5 Å². The lowest BCUT2D eigenvalue weighted by Gasteiger charge is -2.02. The molecule has 0 radical (unpaired) electrons. The zero-order valence-corrected chi connectivity index (χ0v) is 12.5. The number of ether oxygens (including phenoxy) is 1. The van der Waals surface area contributed by atoms with Crippen LogP contribution < -0.4 is 10.1 Å². The van der Waals surface area contributed by atoms with Crippen molar-refractivity contribution in [2.45, 2.75) is 6.54 Å². The molecule has 1 aromatic heterocycles. The van der Waals surface area contributed by atoms with E-state index < -0.39 is 0 Å². The van der Waals surface area contributed by atoms with E-state index >= 15 is 0 Å². The molecule has 0 fully saturated rings. The van der Waals surface area contributed by atoms with Crippen molar-refractivity contribution in [2.75, 3.05) is 12.4 Å². The zero-order valence-electron chi connectivity index (χ0n) is 10.9. The third-order valence-electron chi connectivity index (χ3n) is 2.93. The molecule has 3 rings (SSSR count). The zero-order chi connectivity index (χ0) is 13.9. The number of hydrogen-bond donors (Lipinski definition) is 1. The molecule has 5 heteroatoms. The normalized spacial score (nSPS) is 10.7. The first-order chi connectivity index (χ1) is 9.74. The second-order valence-electron chi connectivity index (χ2n) is 4.34. The highest BCUT2D eigenvalue weighted by Gasteiger charge is 2.05. The summed E-state index contributed by atoms with van der Waals surface area (Å²) in [6.07, 6.45) is 0. The van der Waals surface area contributed by atoms with Gasteiger partial charge in [-0.3, -0.25) is 0 Å². The highest BCUT2D eigenvalue weighted by Crippen LogP contribution is 2.29. The average Bonchev–Trinajstić information content (AvgIpc) is 2.87. The highest BCUT2D eigenvalue weighted by atomic mass is 35.5. The summed E-state index contributed by atoms with van der Waals surface area (Å²) in [5.41, 5.74) is 2.11. The van der Waals surface area contributed by atoms with Crippen LogP contribution in [0.2, 0.25) is 5.02 Å². The van der Waals surface area contributed by atoms with Gasteiger partial charge in [-0.25, -0.2) is 4.98 Å². The van der Waals surface area contributed by atoms with Crippen molar-refractivity contribution in [3.8, 4) is 5.75 Å². The van der Waals surface area contributed by atoms with Crippen LogP contribution in [0.3, 0.4) is 0 Å². The Morgan fingerprint density at radius 2 is 2.15 bits per heavy atom. The molecule has 0 saturated heterocycles. The molecule has 102 valence electrons. The van der Waals surface area contributed by atoms with Crippen LogP contribution >= 0.6 is 22.9 Å². The molecule has 0 atom stereocenters. The molecule has 1 heterocycles. The maximum absolute atomic E-state index is 5.97. The van der Waals surface area contributed by atoms with Crippen molar-refractivity contribution in [3.05, 3.63) is 53.1 Å². The smallest absolute Gasteiger partial charge is 0.184 e. The highest BCUT2D eigenvalue weighted by molar-refractivity contribution is 7.22. The summed E-state index contributed by atoms with van der Waals surface area (Å²) in [5, 5.41) is 4.97. The van der Waals surface area contributed by atoms with E-state index in [1.165, 1.54) is 0 Å². The van der Waals surface area contributed by atoms with Crippen molar-refractivity contribution in [1.29, 1.82) is 0 Å². The van der Waals surface area contributed by atoms with Crippen LogP contribution in [-0.2, 0) is 6.54 Å². The summed E-state index contributed by atoms with van der Waals surface area (Å²) >= 11 is 7.58. The minimum absolute atomic E-state index is 0.706. The number of nitrogens with zero attached hydrogens (tertiary/aromatic N) is 1. The van der Waals surface area contributed by atoms with Crippen LogP contribution in [0.5, 0.6) is 5.75 Å². The lowest BCUT2D eigenvalue weighted by molar-refractivity contribution is 0.415. The predicted molar refractivity (Wildman–Crippen MR) is 85.0 cm³/mol. The van der Waals surface area contributed by atoms with Crippen LogP contribution in [0.1, 0.15) is 5.56 Å². The standard InChI is InChI=1S/C15H13ClN2OS/c1-19-12-5-6-13-14(8-12)20-15(18-13)17-9-10-3-2-4-11(16)7-10/h2-8H,9H2,1H3,(H,17,18). The van der Waals surface area contributed by atoms with Gasteiger partial charge in [0, 0.05) is 11.6 Å². The second kappa shape index (κ2) is 5.69. The molecule has 1 N–H and O–H groups in total. The van der Waals surface area contributed by atoms with Gasteiger partial charge in [-0.05, 0) is 35.9 Å². The maximum Gasteiger partial charge on any atom is 0.184 e. The largest absolute Gasteiger partial charge is 0.497 e. The van der Waals surface area contributed by atoms with Crippen LogP contribution in [0.25, 0.3) is 10.2 Å². The predicted octanol–water partition coefficient (Wildman–Crippen LogP) is 4.57. The summed E-state index contributed by atoms with van der Waals surface area (Å²) in [6, 6.07) is 13.7. The number of thiazole rings is 1. The third-order valence-corrected chi connectivity index (χ3v) is 4.14. The number of hydrogen-bond acceptors (Lipinski definition) is 4. The Morgan fingerprint density at radius 1 is 1.25 bits per heavy atom. The van der Waals surface area contributed by atoms with E-state index in [1.807, 2.05) is 42.5 Å². The molecule has 0 aliphatic rings. The van der Waals surface area contributed by atoms with Gasteiger partial charge >= 0.3 is 0 Å². The van der Waals surface area contributed by atoms with Gasteiger partial charge in [0.15, 0.2) is 5.13 Å². The molecule has 3 aromatic rings. The Labute approximate surface area is 126 Å². The molecule has 0 spiro atoms. The van der Waals surface area contributed by atoms with Gasteiger partial charge in [0.2, 0.25) is 0 Å². The fourth-order valence-corrected chi connectivity index (χ4v) is 3.03. The van der Waals surface area contributed by atoms with Crippen molar-refractivity contribution in [2.24, 2.45) is 0 Å². The number of anilines is 1. The van der Waals surface area contributed by atoms with E-state index in [1.54, 1.807) is 18.4 Å². The Kier molecular flexibility index (Phi) is 3.76. The van der Waals surface area contributed by atoms with Gasteiger partial charge in [-0.1, -0.05) is 35.1 Å². The fraction of sp³-hybridized carbons (Fsp3) is 0.133. The van der Waals surface area contributed by atoms with Crippen LogP contribution in [0.4, 0.5) is 5.13 Å². The minimum atomic E-state index is 0.706. The Bertz CT molecular complexity index is 742. The van der Waals surface area contributed by atoms with Gasteiger partial charge in [0.1, 0.15) is 5.75 Å². The SMILES string of the molecule is COc1ccc2nc(NCc3cccc(Cl)c3)sc2c1. The Morgan fingerprint density at radius 3 is 2.95 bits per heavy atom. The van der Waals surface area contributed by atoms with Crippen molar-refractivity contribution in [1.82, 2.24) is 4.98 Å². The molecule has 0 bridgehead atoms. The van der Waals surface area contributed by atoms with Gasteiger partial charge in [-0.2, -0.15) is 0 Å². The molecule has 2 aromatic carbocycles. The molecule has 0 unspecified atom stereocenters. The number of aromatic nitrogens is 1. The maximum atomic E-state index is 5.97. The topological polar surface area (TPSA) is 34.1 Å². The first kappa shape index (κ1) is 13.2. The Hall–Kier alpha value is -1.78. The van der Waals surface area contributed by atoms with E-state index in [-0.39, 0.29) is 0 Å². The lowest BCUT2D eigenvalue weighted by atomic mass is 10.2. The molecule has 3 nitrogen and oxygen atoms in total. The third kappa shape index (κ3) is 2.86. The molecule has 0 aliphatic heterocycles. The van der Waals surface area contributed by atoms with E-state index in [9.17, 15) is 0 Å². The van der Waals surface area contributed by atoms with E-state index in [4.69, 9.17) is 16.3 Å². The van der Waals surface area contributed by atoms with E-state index in [2.05, 4.69) is 10.3 Å². The molecule has 0 amide bonds. The summed E-state index contributed by atoms with van der Waals surface area (Å²) in [4.78, 5) is 4.54. The summed E-state index contributed by atoms with van der Waals surface area (Å²) < 4.78 is 6.33. The quantitative estimate of drug-likeness (QED) is 0.766. The van der Waals surface area contributed by atoms with Crippen molar-refractivity contribution >= 4 is 38.3 Å². The summed E-state index contributed by atoms with van der Waals surface area (Å²) in [7, 11) is 1.67. The number of halogens is 1. The van der Waals surface area contributed by atoms with Gasteiger partial charge in [0.05, 0.1) is 17.3 Å². The number of rotatable bonds is 4. The molecule has 20 heavy (non-hydrogen) atoms. The van der Waals surface area contributed by atoms with E-state index in [0.717, 1.165) is 31.7 Å². The summed E-state index contributed by atoms with van der Waals surface area (Å²) in [6.45, 7) is 0.706. The Balaban J connectivity index is 1.77. The average molecular weight is 305 g/mol. The molecular weight excluding hydrogens is 292 g/mol. The number of fused-ring (bicyclic) bond motifs is 1. The number of nitrogens with one attached hydrogen (secondary N) is 1. The van der Waals surface area contributed by atoms with Crippen LogP contribution in [-0.4, -0.2) is 12.1 Å². The van der Waals surface area contributed by atoms with Gasteiger partial charge in [-0.15, -0.1) is 0 Å². The first-order valence-corrected chi connectivity index (χ1v) is 7.37. The second-order valence-corrected chi connectivity index (χ2v) is 5.80. The van der Waals surface area contributed by atoms with Crippen molar-refractivity contribution in [3.63, 3.8) is 0 Å². The molecule has 0 aliphatic carbocycles. The minimum Gasteiger partial charge on any atom is -0.497 e. The van der Waals surface area contributed by atoms with E-state index in [0.29, 0.717) is 6.54 Å². The van der Waals surface area contributed by atoms with Crippen LogP contribution in [0, 0.1) is 0 Å². The van der Waals surface area contributed by atoms with Gasteiger partial charge in [0.25, 0.3) is 0 Å². The van der Waals surface area contributed by atoms with Crippen molar-refractivity contribution < 1.29 is 4.74 Å². The van der Waals surface area contributed by atoms with Gasteiger partial charge < -0.3 is 10.1 Å². The molecule has 0 saturated carbocycles. The number of methoxy groups -OCH3 is 1. The lowest BCUT2D eigenvalue weighted by Crippen LogP contribution is -1.98. The first-order valence-electron chi connectivity index (χ1n) is 6.17. The monoisotopic (exact) mass is 304 g/mol. The molecular formula is C15H13ClN2OS. The number of benzene rings is 2.